The number of aliphatic carboxylic acids is 2. The van der Waals surface area contributed by atoms with Crippen LogP contribution in [0.2, 0.25) is 0 Å². The smallest absolute Gasteiger partial charge is 0.308 e. The number of carbonyl (C=O) groups excluding carboxylic acids is 1. The molecule has 18 heavy (non-hydrogen) atoms. The number of benzene rings is 1. The molecule has 0 fully saturated rings. The summed E-state index contributed by atoms with van der Waals surface area (Å²) < 4.78 is 4.78. The number of hydrogen-bond acceptors (Lipinski definition) is 4. The van der Waals surface area contributed by atoms with Gasteiger partial charge in [-0.2, -0.15) is 0 Å². The van der Waals surface area contributed by atoms with Gasteiger partial charge in [0.1, 0.15) is 5.75 Å². The Hall–Kier alpha value is -2.37. The van der Waals surface area contributed by atoms with Crippen LogP contribution >= 0.6 is 0 Å². The zero-order chi connectivity index (χ0) is 14.6. The van der Waals surface area contributed by atoms with E-state index in [1.807, 2.05) is 18.2 Å². The highest BCUT2D eigenvalue weighted by Gasteiger charge is 1.92. The van der Waals surface area contributed by atoms with Crippen LogP contribution in [0.4, 0.5) is 0 Å². The first-order valence-corrected chi connectivity index (χ1v) is 4.88. The first-order valence-electron chi connectivity index (χ1n) is 4.88. The van der Waals surface area contributed by atoms with Crippen molar-refractivity contribution in [2.24, 2.45) is 0 Å². The first-order chi connectivity index (χ1) is 8.25. The average Bonchev–Trinajstić information content (AvgIpc) is 2.16. The minimum Gasteiger partial charge on any atom is -0.481 e. The Kier molecular flexibility index (Phi) is 11.1. The highest BCUT2D eigenvalue weighted by Crippen LogP contribution is 2.07. The lowest BCUT2D eigenvalue weighted by Gasteiger charge is -1.97. The number of para-hydroxylation sites is 1. The van der Waals surface area contributed by atoms with Crippen LogP contribution in [0.25, 0.3) is 0 Å². The van der Waals surface area contributed by atoms with Crippen molar-refractivity contribution < 1.29 is 29.3 Å². The largest absolute Gasteiger partial charge is 0.481 e. The number of esters is 1. The fourth-order valence-electron chi connectivity index (χ4n) is 0.655. The fraction of sp³-hybridized carbons (Fsp3) is 0.250. The van der Waals surface area contributed by atoms with Crippen LogP contribution in [0.1, 0.15) is 20.8 Å². The lowest BCUT2D eigenvalue weighted by Crippen LogP contribution is -2.00. The molecule has 0 unspecified atom stereocenters. The zero-order valence-electron chi connectivity index (χ0n) is 10.4. The van der Waals surface area contributed by atoms with Gasteiger partial charge in [0.2, 0.25) is 0 Å². The van der Waals surface area contributed by atoms with E-state index in [9.17, 15) is 4.79 Å². The molecule has 0 aromatic heterocycles. The molecule has 0 aliphatic heterocycles. The SMILES string of the molecule is CC(=O)O.CC(=O)O.CC(=O)Oc1ccccc1. The second-order valence-electron chi connectivity index (χ2n) is 2.94. The van der Waals surface area contributed by atoms with Gasteiger partial charge in [-0.25, -0.2) is 0 Å². The van der Waals surface area contributed by atoms with Crippen molar-refractivity contribution in [1.29, 1.82) is 0 Å². The highest BCUT2D eigenvalue weighted by molar-refractivity contribution is 5.69. The fourth-order valence-corrected chi connectivity index (χ4v) is 0.655. The zero-order valence-corrected chi connectivity index (χ0v) is 10.4. The van der Waals surface area contributed by atoms with Crippen molar-refractivity contribution in [2.75, 3.05) is 0 Å². The lowest BCUT2D eigenvalue weighted by atomic mass is 10.3. The normalized spacial score (nSPS) is 7.72. The molecule has 0 saturated heterocycles. The third kappa shape index (κ3) is 23.4. The monoisotopic (exact) mass is 256 g/mol. The summed E-state index contributed by atoms with van der Waals surface area (Å²) in [5.74, 6) is -1.36. The molecular weight excluding hydrogens is 240 g/mol. The molecule has 0 bridgehead atoms. The van der Waals surface area contributed by atoms with E-state index in [0.29, 0.717) is 5.75 Å². The van der Waals surface area contributed by atoms with Crippen LogP contribution < -0.4 is 4.74 Å². The van der Waals surface area contributed by atoms with E-state index in [4.69, 9.17) is 24.5 Å². The second kappa shape index (κ2) is 11.1. The summed E-state index contributed by atoms with van der Waals surface area (Å²) in [7, 11) is 0. The summed E-state index contributed by atoms with van der Waals surface area (Å²) in [4.78, 5) is 28.4. The van der Waals surface area contributed by atoms with E-state index >= 15 is 0 Å². The van der Waals surface area contributed by atoms with Crippen molar-refractivity contribution in [3.8, 4) is 5.75 Å². The van der Waals surface area contributed by atoms with Crippen molar-refractivity contribution in [1.82, 2.24) is 0 Å². The molecule has 6 heteroatoms. The summed E-state index contributed by atoms with van der Waals surface area (Å²) in [6, 6.07) is 8.98. The van der Waals surface area contributed by atoms with E-state index in [1.165, 1.54) is 6.92 Å². The molecule has 0 aliphatic rings. The molecule has 0 spiro atoms. The molecule has 0 saturated carbocycles. The minimum absolute atomic E-state index is 0.286. The van der Waals surface area contributed by atoms with Crippen LogP contribution in [0.3, 0.4) is 0 Å². The Bertz CT molecular complexity index is 351. The maximum absolute atomic E-state index is 10.4. The van der Waals surface area contributed by atoms with Crippen LogP contribution in [0.15, 0.2) is 30.3 Å². The first kappa shape index (κ1) is 18.0. The van der Waals surface area contributed by atoms with Gasteiger partial charge in [0, 0.05) is 20.8 Å². The minimum atomic E-state index is -0.833. The van der Waals surface area contributed by atoms with Gasteiger partial charge in [-0.05, 0) is 12.1 Å². The molecule has 0 amide bonds. The molecule has 1 aromatic rings. The van der Waals surface area contributed by atoms with E-state index in [1.54, 1.807) is 12.1 Å². The summed E-state index contributed by atoms with van der Waals surface area (Å²) >= 11 is 0. The molecule has 6 nitrogen and oxygen atoms in total. The van der Waals surface area contributed by atoms with Gasteiger partial charge >= 0.3 is 5.97 Å². The van der Waals surface area contributed by atoms with Crippen LogP contribution in [0.5, 0.6) is 5.75 Å². The van der Waals surface area contributed by atoms with Crippen molar-refractivity contribution >= 4 is 17.9 Å². The molecule has 100 valence electrons. The number of hydrogen-bond donors (Lipinski definition) is 2. The van der Waals surface area contributed by atoms with Crippen LogP contribution in [0, 0.1) is 0 Å². The van der Waals surface area contributed by atoms with E-state index < -0.39 is 11.9 Å². The molecule has 0 aliphatic carbocycles. The Balaban J connectivity index is 0. The average molecular weight is 256 g/mol. The maximum atomic E-state index is 10.4. The Morgan fingerprint density at radius 3 is 1.50 bits per heavy atom. The number of ether oxygens (including phenoxy) is 1. The van der Waals surface area contributed by atoms with Crippen LogP contribution in [-0.4, -0.2) is 28.1 Å². The van der Waals surface area contributed by atoms with Gasteiger partial charge < -0.3 is 14.9 Å². The van der Waals surface area contributed by atoms with Gasteiger partial charge in [0.25, 0.3) is 11.9 Å². The molecule has 0 atom stereocenters. The topological polar surface area (TPSA) is 101 Å². The quantitative estimate of drug-likeness (QED) is 0.586. The molecule has 0 radical (unpaired) electrons. The Labute approximate surface area is 105 Å². The third-order valence-electron chi connectivity index (χ3n) is 1.00. The van der Waals surface area contributed by atoms with E-state index in [-0.39, 0.29) is 5.97 Å². The Morgan fingerprint density at radius 1 is 0.889 bits per heavy atom. The van der Waals surface area contributed by atoms with Gasteiger partial charge in [-0.3, -0.25) is 14.4 Å². The van der Waals surface area contributed by atoms with Crippen LogP contribution in [-0.2, 0) is 14.4 Å². The van der Waals surface area contributed by atoms with Crippen molar-refractivity contribution in [3.05, 3.63) is 30.3 Å². The van der Waals surface area contributed by atoms with Gasteiger partial charge in [0.05, 0.1) is 0 Å². The summed E-state index contributed by atoms with van der Waals surface area (Å²) in [6.45, 7) is 3.55. The van der Waals surface area contributed by atoms with E-state index in [2.05, 4.69) is 0 Å². The number of rotatable bonds is 1. The molecule has 1 rings (SSSR count). The second-order valence-corrected chi connectivity index (χ2v) is 2.94. The number of carboxylic acids is 2. The third-order valence-corrected chi connectivity index (χ3v) is 1.00. The standard InChI is InChI=1S/C8H8O2.2C2H4O2/c1-7(9)10-8-5-3-2-4-6-8;2*1-2(3)4/h2-6H,1H3;2*1H3,(H,3,4). The lowest BCUT2D eigenvalue weighted by molar-refractivity contribution is -0.135. The number of carbonyl (C=O) groups is 3. The highest BCUT2D eigenvalue weighted by atomic mass is 16.5. The maximum Gasteiger partial charge on any atom is 0.308 e. The molecule has 0 heterocycles. The van der Waals surface area contributed by atoms with Gasteiger partial charge in [-0.15, -0.1) is 0 Å². The van der Waals surface area contributed by atoms with Crippen molar-refractivity contribution in [3.63, 3.8) is 0 Å². The molecule has 2 N–H and O–H groups in total. The van der Waals surface area contributed by atoms with Gasteiger partial charge in [-0.1, -0.05) is 18.2 Å². The van der Waals surface area contributed by atoms with Gasteiger partial charge in [0.15, 0.2) is 0 Å². The van der Waals surface area contributed by atoms with E-state index in [0.717, 1.165) is 13.8 Å². The summed E-state index contributed by atoms with van der Waals surface area (Å²) in [5.41, 5.74) is 0. The predicted molar refractivity (Wildman–Crippen MR) is 64.4 cm³/mol. The Morgan fingerprint density at radius 2 is 1.22 bits per heavy atom. The summed E-state index contributed by atoms with van der Waals surface area (Å²) in [6.07, 6.45) is 0. The predicted octanol–water partition coefficient (Wildman–Crippen LogP) is 1.79. The summed E-state index contributed by atoms with van der Waals surface area (Å²) in [5, 5.41) is 14.8. The molecular formula is C12H16O6. The number of carboxylic acid groups (broad SMARTS) is 2. The molecule has 1 aromatic carbocycles. The van der Waals surface area contributed by atoms with Crippen molar-refractivity contribution in [2.45, 2.75) is 20.8 Å².